The van der Waals surface area contributed by atoms with E-state index in [0.717, 1.165) is 16.7 Å². The van der Waals surface area contributed by atoms with Crippen molar-refractivity contribution in [1.29, 1.82) is 0 Å². The Balaban J connectivity index is 1.95. The lowest BCUT2D eigenvalue weighted by molar-refractivity contribution is 0.379. The topological polar surface area (TPSA) is 72.3 Å². The Hall–Kier alpha value is -3.29. The summed E-state index contributed by atoms with van der Waals surface area (Å²) in [4.78, 5) is 18.6. The number of rotatable bonds is 5. The Morgan fingerprint density at radius 1 is 0.909 bits per heavy atom. The minimum absolute atomic E-state index is 0.198. The van der Waals surface area contributed by atoms with E-state index in [-0.39, 0.29) is 10.5 Å². The van der Waals surface area contributed by atoms with Gasteiger partial charge in [-0.3, -0.25) is 9.36 Å². The van der Waals surface area contributed by atoms with E-state index in [0.29, 0.717) is 22.4 Å². The van der Waals surface area contributed by atoms with E-state index in [1.54, 1.807) is 54.0 Å². The maximum Gasteiger partial charge on any atom is 0.266 e. The number of aromatic nitrogens is 2. The summed E-state index contributed by atoms with van der Waals surface area (Å²) < 4.78 is 29.6. The van der Waals surface area contributed by atoms with Crippen LogP contribution in [0.2, 0.25) is 0 Å². The predicted octanol–water partition coefficient (Wildman–Crippen LogP) is 4.69. The summed E-state index contributed by atoms with van der Waals surface area (Å²) in [6, 6.07) is 19.0. The van der Waals surface area contributed by atoms with Crippen molar-refractivity contribution in [3.05, 3.63) is 99.6 Å². The van der Waals surface area contributed by atoms with Gasteiger partial charge in [0.25, 0.3) is 5.56 Å². The molecule has 4 aromatic rings. The number of hydrogen-bond donors (Lipinski definition) is 0. The highest BCUT2D eigenvalue weighted by molar-refractivity contribution is 7.89. The molecule has 0 amide bonds. The first-order valence-electron chi connectivity index (χ1n) is 10.8. The Morgan fingerprint density at radius 2 is 1.55 bits per heavy atom. The van der Waals surface area contributed by atoms with Crippen LogP contribution in [0, 0.1) is 20.8 Å². The molecule has 1 heterocycles. The van der Waals surface area contributed by atoms with Gasteiger partial charge in [-0.1, -0.05) is 42.0 Å². The Morgan fingerprint density at radius 3 is 2.24 bits per heavy atom. The summed E-state index contributed by atoms with van der Waals surface area (Å²) in [5.41, 5.74) is 3.88. The van der Waals surface area contributed by atoms with Gasteiger partial charge in [-0.2, -0.15) is 4.31 Å². The standard InChI is InChI=1S/C26H27N3O3S/c1-17-11-14-21(15-12-17)33(31,32)28(5)20(4)25-27-23-9-7-6-8-22(23)26(30)29(25)24-16-18(2)10-13-19(24)3/h6-16,20H,1-5H3. The number of benzene rings is 3. The lowest BCUT2D eigenvalue weighted by atomic mass is 10.1. The smallest absolute Gasteiger partial charge is 0.266 e. The molecule has 0 saturated heterocycles. The molecule has 6 nitrogen and oxygen atoms in total. The van der Waals surface area contributed by atoms with Crippen molar-refractivity contribution in [2.24, 2.45) is 0 Å². The molecule has 3 aromatic carbocycles. The molecule has 0 fully saturated rings. The van der Waals surface area contributed by atoms with E-state index >= 15 is 0 Å². The molecule has 0 N–H and O–H groups in total. The minimum Gasteiger partial charge on any atom is -0.268 e. The third-order valence-corrected chi connectivity index (χ3v) is 7.97. The molecule has 0 bridgehead atoms. The fourth-order valence-electron chi connectivity index (χ4n) is 3.87. The van der Waals surface area contributed by atoms with Gasteiger partial charge in [0.15, 0.2) is 0 Å². The second kappa shape index (κ2) is 8.57. The highest BCUT2D eigenvalue weighted by atomic mass is 32.2. The van der Waals surface area contributed by atoms with Gasteiger partial charge in [0.1, 0.15) is 5.82 Å². The summed E-state index contributed by atoms with van der Waals surface area (Å²) >= 11 is 0. The molecule has 170 valence electrons. The molecule has 0 aliphatic rings. The fraction of sp³-hybridized carbons (Fsp3) is 0.231. The second-order valence-electron chi connectivity index (χ2n) is 8.43. The van der Waals surface area contributed by atoms with Crippen LogP contribution in [0.4, 0.5) is 0 Å². The molecular weight excluding hydrogens is 434 g/mol. The first kappa shape index (κ1) is 22.9. The zero-order chi connectivity index (χ0) is 23.9. The zero-order valence-electron chi connectivity index (χ0n) is 19.4. The van der Waals surface area contributed by atoms with E-state index in [1.807, 2.05) is 45.0 Å². The lowest BCUT2D eigenvalue weighted by Gasteiger charge is -2.27. The van der Waals surface area contributed by atoms with E-state index in [2.05, 4.69) is 0 Å². The van der Waals surface area contributed by atoms with Crippen molar-refractivity contribution in [3.63, 3.8) is 0 Å². The maximum absolute atomic E-state index is 13.7. The summed E-state index contributed by atoms with van der Waals surface area (Å²) in [6.07, 6.45) is 0. The number of sulfonamides is 1. The molecule has 1 unspecified atom stereocenters. The molecule has 4 rings (SSSR count). The summed E-state index contributed by atoms with van der Waals surface area (Å²) in [5.74, 6) is 0.366. The van der Waals surface area contributed by atoms with Gasteiger partial charge in [-0.25, -0.2) is 13.4 Å². The molecule has 0 radical (unpaired) electrons. The van der Waals surface area contributed by atoms with Crippen molar-refractivity contribution >= 4 is 20.9 Å². The van der Waals surface area contributed by atoms with E-state index in [1.165, 1.54) is 11.4 Å². The Labute approximate surface area is 194 Å². The van der Waals surface area contributed by atoms with Crippen molar-refractivity contribution in [1.82, 2.24) is 13.9 Å². The third-order valence-electron chi connectivity index (χ3n) is 6.02. The van der Waals surface area contributed by atoms with Crippen molar-refractivity contribution in [3.8, 4) is 5.69 Å². The van der Waals surface area contributed by atoms with Gasteiger partial charge in [-0.15, -0.1) is 0 Å². The quantitative estimate of drug-likeness (QED) is 0.432. The van der Waals surface area contributed by atoms with E-state index in [4.69, 9.17) is 4.98 Å². The van der Waals surface area contributed by atoms with Crippen LogP contribution in [0.5, 0.6) is 0 Å². The van der Waals surface area contributed by atoms with Crippen LogP contribution in [0.1, 0.15) is 35.5 Å². The van der Waals surface area contributed by atoms with Crippen LogP contribution >= 0.6 is 0 Å². The summed E-state index contributed by atoms with van der Waals surface area (Å²) in [5, 5.41) is 0.485. The first-order chi connectivity index (χ1) is 15.6. The Bertz CT molecular complexity index is 1510. The molecule has 7 heteroatoms. The summed E-state index contributed by atoms with van der Waals surface area (Å²) in [7, 11) is -2.29. The molecular formula is C26H27N3O3S. The fourth-order valence-corrected chi connectivity index (χ4v) is 5.19. The number of fused-ring (bicyclic) bond motifs is 1. The molecule has 0 spiro atoms. The third kappa shape index (κ3) is 4.10. The van der Waals surface area contributed by atoms with Crippen molar-refractivity contribution in [2.75, 3.05) is 7.05 Å². The van der Waals surface area contributed by atoms with Crippen LogP contribution in [-0.2, 0) is 10.0 Å². The monoisotopic (exact) mass is 461 g/mol. The van der Waals surface area contributed by atoms with Crippen LogP contribution in [-0.4, -0.2) is 29.3 Å². The number of aryl methyl sites for hydroxylation is 3. The molecule has 0 aliphatic carbocycles. The van der Waals surface area contributed by atoms with E-state index < -0.39 is 16.1 Å². The molecule has 1 atom stereocenters. The summed E-state index contributed by atoms with van der Waals surface area (Å²) in [6.45, 7) is 7.55. The SMILES string of the molecule is Cc1ccc(S(=O)(=O)N(C)C(C)c2nc3ccccc3c(=O)n2-c2cc(C)ccc2C)cc1. The maximum atomic E-state index is 13.7. The largest absolute Gasteiger partial charge is 0.268 e. The molecule has 33 heavy (non-hydrogen) atoms. The van der Waals surface area contributed by atoms with Crippen molar-refractivity contribution in [2.45, 2.75) is 38.6 Å². The molecule has 0 saturated carbocycles. The number of nitrogens with zero attached hydrogens (tertiary/aromatic N) is 3. The molecule has 0 aliphatic heterocycles. The van der Waals surface area contributed by atoms with Gasteiger partial charge in [0.05, 0.1) is 27.5 Å². The lowest BCUT2D eigenvalue weighted by Crippen LogP contribution is -2.35. The number of hydrogen-bond acceptors (Lipinski definition) is 4. The highest BCUT2D eigenvalue weighted by Gasteiger charge is 2.30. The van der Waals surface area contributed by atoms with E-state index in [9.17, 15) is 13.2 Å². The Kier molecular flexibility index (Phi) is 5.95. The van der Waals surface area contributed by atoms with Gasteiger partial charge < -0.3 is 0 Å². The normalized spacial score (nSPS) is 12.9. The van der Waals surface area contributed by atoms with Gasteiger partial charge in [-0.05, 0) is 69.2 Å². The minimum atomic E-state index is -3.81. The second-order valence-corrected chi connectivity index (χ2v) is 10.4. The van der Waals surface area contributed by atoms with Crippen LogP contribution < -0.4 is 5.56 Å². The molecule has 1 aromatic heterocycles. The first-order valence-corrected chi connectivity index (χ1v) is 12.2. The predicted molar refractivity (Wildman–Crippen MR) is 131 cm³/mol. The van der Waals surface area contributed by atoms with Crippen molar-refractivity contribution < 1.29 is 8.42 Å². The number of para-hydroxylation sites is 1. The van der Waals surface area contributed by atoms with Gasteiger partial charge >= 0.3 is 0 Å². The van der Waals surface area contributed by atoms with Gasteiger partial charge in [0.2, 0.25) is 10.0 Å². The highest BCUT2D eigenvalue weighted by Crippen LogP contribution is 2.28. The van der Waals surface area contributed by atoms with Crippen LogP contribution in [0.3, 0.4) is 0 Å². The van der Waals surface area contributed by atoms with Crippen LogP contribution in [0.15, 0.2) is 76.4 Å². The van der Waals surface area contributed by atoms with Gasteiger partial charge in [0, 0.05) is 7.05 Å². The average Bonchev–Trinajstić information content (AvgIpc) is 2.80. The average molecular weight is 462 g/mol. The van der Waals surface area contributed by atoms with Crippen LogP contribution in [0.25, 0.3) is 16.6 Å². The zero-order valence-corrected chi connectivity index (χ0v) is 20.2.